The lowest BCUT2D eigenvalue weighted by Crippen LogP contribution is -2.33. The van der Waals surface area contributed by atoms with E-state index in [9.17, 15) is 0 Å². The van der Waals surface area contributed by atoms with Gasteiger partial charge in [0.25, 0.3) is 0 Å². The molecule has 0 saturated carbocycles. The molecule has 0 saturated heterocycles. The van der Waals surface area contributed by atoms with Crippen LogP contribution in [-0.2, 0) is 0 Å². The van der Waals surface area contributed by atoms with E-state index in [1.807, 2.05) is 24.4 Å². The number of hydrogen-bond donors (Lipinski definition) is 2. The van der Waals surface area contributed by atoms with E-state index in [1.54, 1.807) is 0 Å². The molecule has 0 unspecified atom stereocenters. The van der Waals surface area contributed by atoms with Crippen molar-refractivity contribution in [3.63, 3.8) is 0 Å². The molecule has 0 bridgehead atoms. The highest BCUT2D eigenvalue weighted by molar-refractivity contribution is 5.19. The maximum atomic E-state index is 3.29. The second kappa shape index (κ2) is 4.19. The van der Waals surface area contributed by atoms with Crippen LogP contribution in [-0.4, -0.2) is 6.54 Å². The zero-order valence-corrected chi connectivity index (χ0v) is 7.09. The van der Waals surface area contributed by atoms with Gasteiger partial charge < -0.3 is 5.32 Å². The molecule has 0 aliphatic carbocycles. The molecule has 0 amide bonds. The lowest BCUT2D eigenvalue weighted by Gasteiger charge is -2.16. The second-order valence-corrected chi connectivity index (χ2v) is 3.05. The van der Waals surface area contributed by atoms with Crippen LogP contribution in [0.1, 0.15) is 13.8 Å². The molecule has 1 rings (SSSR count). The van der Waals surface area contributed by atoms with E-state index >= 15 is 0 Å². The van der Waals surface area contributed by atoms with Gasteiger partial charge in [-0.25, -0.2) is 0 Å². The van der Waals surface area contributed by atoms with Crippen molar-refractivity contribution in [1.82, 2.24) is 10.6 Å². The first-order valence-electron chi connectivity index (χ1n) is 3.99. The Bertz CT molecular complexity index is 159. The Morgan fingerprint density at radius 2 is 2.27 bits per heavy atom. The summed E-state index contributed by atoms with van der Waals surface area (Å²) < 4.78 is 0. The van der Waals surface area contributed by atoms with Gasteiger partial charge in [-0.05, 0) is 24.3 Å². The van der Waals surface area contributed by atoms with Crippen LogP contribution in [0.5, 0.6) is 0 Å². The largest absolute Gasteiger partial charge is 0.367 e. The summed E-state index contributed by atoms with van der Waals surface area (Å²) in [7, 11) is 0. The standard InChI is InChI=1S/C9H15N2/c1-8(2)7-11-9-5-3-4-6-10-9/h3-6,8,10-11H,7H2,1-2H3. The van der Waals surface area contributed by atoms with Gasteiger partial charge >= 0.3 is 0 Å². The second-order valence-electron chi connectivity index (χ2n) is 3.05. The van der Waals surface area contributed by atoms with Crippen LogP contribution in [0.4, 0.5) is 0 Å². The molecular weight excluding hydrogens is 136 g/mol. The minimum absolute atomic E-state index is 0.684. The quantitative estimate of drug-likeness (QED) is 0.637. The Kier molecular flexibility index (Phi) is 3.17. The molecule has 2 nitrogen and oxygen atoms in total. The van der Waals surface area contributed by atoms with Gasteiger partial charge in [0.05, 0.1) is 0 Å². The summed E-state index contributed by atoms with van der Waals surface area (Å²) in [6.07, 6.45) is 9.02. The normalized spacial score (nSPS) is 17.4. The molecule has 0 aromatic rings. The average Bonchev–Trinajstić information content (AvgIpc) is 2.03. The molecule has 0 spiro atoms. The minimum atomic E-state index is 0.684. The van der Waals surface area contributed by atoms with E-state index in [2.05, 4.69) is 24.5 Å². The summed E-state index contributed by atoms with van der Waals surface area (Å²) >= 11 is 0. The maximum absolute atomic E-state index is 3.29. The highest BCUT2D eigenvalue weighted by atomic mass is 15.1. The van der Waals surface area contributed by atoms with Crippen LogP contribution < -0.4 is 10.6 Å². The highest BCUT2D eigenvalue weighted by Crippen LogP contribution is 1.99. The average molecular weight is 151 g/mol. The van der Waals surface area contributed by atoms with E-state index in [1.165, 1.54) is 0 Å². The van der Waals surface area contributed by atoms with Crippen molar-refractivity contribution in [2.75, 3.05) is 6.54 Å². The third-order valence-electron chi connectivity index (χ3n) is 1.41. The summed E-state index contributed by atoms with van der Waals surface area (Å²) in [5.41, 5.74) is 0. The number of dihydropyridines is 1. The van der Waals surface area contributed by atoms with Crippen molar-refractivity contribution in [1.29, 1.82) is 0 Å². The smallest absolute Gasteiger partial charge is 0.149 e. The molecule has 0 aromatic heterocycles. The van der Waals surface area contributed by atoms with Gasteiger partial charge in [-0.1, -0.05) is 19.9 Å². The van der Waals surface area contributed by atoms with Crippen molar-refractivity contribution in [3.05, 3.63) is 30.6 Å². The Balaban J connectivity index is 2.17. The van der Waals surface area contributed by atoms with Crippen molar-refractivity contribution in [2.24, 2.45) is 5.92 Å². The molecule has 11 heavy (non-hydrogen) atoms. The molecule has 2 N–H and O–H groups in total. The summed E-state index contributed by atoms with van der Waals surface area (Å²) in [4.78, 5) is 0. The number of hydrogen-bond acceptors (Lipinski definition) is 2. The van der Waals surface area contributed by atoms with E-state index in [0.717, 1.165) is 12.7 Å². The summed E-state index contributed by atoms with van der Waals surface area (Å²) in [5, 5.41) is 6.40. The first-order valence-corrected chi connectivity index (χ1v) is 3.99. The SMILES string of the molecule is CC(C)CN[C]1C=CC=CN1. The first-order chi connectivity index (χ1) is 5.29. The van der Waals surface area contributed by atoms with Crippen LogP contribution in [0.25, 0.3) is 0 Å². The third kappa shape index (κ3) is 3.23. The fraction of sp³-hybridized carbons (Fsp3) is 0.444. The lowest BCUT2D eigenvalue weighted by molar-refractivity contribution is 0.552. The van der Waals surface area contributed by atoms with E-state index in [0.29, 0.717) is 5.92 Å². The third-order valence-corrected chi connectivity index (χ3v) is 1.41. The fourth-order valence-electron chi connectivity index (χ4n) is 0.817. The van der Waals surface area contributed by atoms with Gasteiger partial charge in [-0.3, -0.25) is 5.32 Å². The van der Waals surface area contributed by atoms with Crippen LogP contribution in [0.2, 0.25) is 0 Å². The van der Waals surface area contributed by atoms with Gasteiger partial charge in [-0.15, -0.1) is 0 Å². The van der Waals surface area contributed by atoms with Gasteiger partial charge in [0.2, 0.25) is 0 Å². The molecule has 1 heterocycles. The number of nitrogens with one attached hydrogen (secondary N) is 2. The van der Waals surface area contributed by atoms with Crippen LogP contribution in [0.3, 0.4) is 0 Å². The summed E-state index contributed by atoms with van der Waals surface area (Å²) in [5.74, 6) is 0.684. The molecule has 0 atom stereocenters. The lowest BCUT2D eigenvalue weighted by atomic mass is 10.2. The van der Waals surface area contributed by atoms with E-state index < -0.39 is 0 Å². The van der Waals surface area contributed by atoms with Crippen molar-refractivity contribution < 1.29 is 0 Å². The van der Waals surface area contributed by atoms with Crippen LogP contribution >= 0.6 is 0 Å². The van der Waals surface area contributed by atoms with Crippen LogP contribution in [0.15, 0.2) is 24.4 Å². The Morgan fingerprint density at radius 1 is 1.45 bits per heavy atom. The number of rotatable bonds is 3. The Hall–Kier alpha value is -0.760. The monoisotopic (exact) mass is 151 g/mol. The Morgan fingerprint density at radius 3 is 2.82 bits per heavy atom. The van der Waals surface area contributed by atoms with Gasteiger partial charge in [0.1, 0.15) is 6.17 Å². The minimum Gasteiger partial charge on any atom is -0.367 e. The molecule has 2 heteroatoms. The van der Waals surface area contributed by atoms with Crippen molar-refractivity contribution >= 4 is 0 Å². The summed E-state index contributed by atoms with van der Waals surface area (Å²) in [6, 6.07) is 0. The van der Waals surface area contributed by atoms with Crippen LogP contribution in [0, 0.1) is 12.1 Å². The zero-order chi connectivity index (χ0) is 8.10. The molecule has 1 aliphatic heterocycles. The topological polar surface area (TPSA) is 24.1 Å². The maximum Gasteiger partial charge on any atom is 0.149 e. The summed E-state index contributed by atoms with van der Waals surface area (Å²) in [6.45, 7) is 5.40. The van der Waals surface area contributed by atoms with Gasteiger partial charge in [0.15, 0.2) is 0 Å². The first kappa shape index (κ1) is 8.34. The van der Waals surface area contributed by atoms with E-state index in [4.69, 9.17) is 0 Å². The predicted molar refractivity (Wildman–Crippen MR) is 47.5 cm³/mol. The van der Waals surface area contributed by atoms with Gasteiger partial charge in [0, 0.05) is 6.54 Å². The fourth-order valence-corrected chi connectivity index (χ4v) is 0.817. The van der Waals surface area contributed by atoms with Crippen molar-refractivity contribution in [2.45, 2.75) is 13.8 Å². The predicted octanol–water partition coefficient (Wildman–Crippen LogP) is 1.39. The molecule has 0 fully saturated rings. The Labute approximate surface area is 68.4 Å². The van der Waals surface area contributed by atoms with E-state index in [-0.39, 0.29) is 0 Å². The van der Waals surface area contributed by atoms with Gasteiger partial charge in [-0.2, -0.15) is 0 Å². The molecule has 1 aliphatic rings. The highest BCUT2D eigenvalue weighted by Gasteiger charge is 2.04. The zero-order valence-electron chi connectivity index (χ0n) is 7.09. The molecule has 0 aromatic carbocycles. The molecular formula is C9H15N2. The number of allylic oxidation sites excluding steroid dienone is 2. The molecule has 1 radical (unpaired) electrons. The molecule has 61 valence electrons. The van der Waals surface area contributed by atoms with Crippen molar-refractivity contribution in [3.8, 4) is 0 Å².